The zero-order chi connectivity index (χ0) is 17.6. The zero-order valence-corrected chi connectivity index (χ0v) is 14.9. The van der Waals surface area contributed by atoms with Crippen LogP contribution in [0.25, 0.3) is 0 Å². The maximum atomic E-state index is 12.6. The summed E-state index contributed by atoms with van der Waals surface area (Å²) in [5.41, 5.74) is 1.49. The first-order valence-electron chi connectivity index (χ1n) is 8.10. The van der Waals surface area contributed by atoms with Gasteiger partial charge in [-0.3, -0.25) is 9.48 Å². The van der Waals surface area contributed by atoms with Crippen molar-refractivity contribution in [3.8, 4) is 0 Å². The van der Waals surface area contributed by atoms with Crippen molar-refractivity contribution in [1.29, 1.82) is 0 Å². The zero-order valence-electron chi connectivity index (χ0n) is 14.1. The molecular weight excluding hydrogens is 338 g/mol. The highest BCUT2D eigenvalue weighted by Crippen LogP contribution is 2.24. The molecule has 0 fully saturated rings. The van der Waals surface area contributed by atoms with Gasteiger partial charge in [0, 0.05) is 30.9 Å². The van der Waals surface area contributed by atoms with Crippen molar-refractivity contribution >= 4 is 17.2 Å². The molecule has 1 aliphatic rings. The van der Waals surface area contributed by atoms with Gasteiger partial charge in [-0.15, -0.1) is 11.3 Å². The third kappa shape index (κ3) is 2.87. The minimum Gasteiger partial charge on any atom is -0.379 e. The summed E-state index contributed by atoms with van der Waals surface area (Å²) in [4.78, 5) is 20.5. The fourth-order valence-corrected chi connectivity index (χ4v) is 3.91. The van der Waals surface area contributed by atoms with Crippen molar-refractivity contribution < 1.29 is 9.90 Å². The normalized spacial score (nSPS) is 15.2. The van der Waals surface area contributed by atoms with Gasteiger partial charge in [-0.25, -0.2) is 4.98 Å². The standard InChI is InChI=1S/C17H19N5O2S/c1-11-3-4-14(25-11)17(24)21-7-8-22-12(10-21)9-13(19-22)15(23)16-18-5-6-20(16)2/h3-6,9,15,23H,7-8,10H2,1-2H3/t15-/m1/s1. The van der Waals surface area contributed by atoms with E-state index in [2.05, 4.69) is 10.1 Å². The van der Waals surface area contributed by atoms with E-state index in [1.54, 1.807) is 17.0 Å². The van der Waals surface area contributed by atoms with Crippen LogP contribution in [0.15, 0.2) is 30.6 Å². The van der Waals surface area contributed by atoms with Gasteiger partial charge in [0.25, 0.3) is 5.91 Å². The minimum atomic E-state index is -0.873. The molecule has 4 heterocycles. The Kier molecular flexibility index (Phi) is 3.93. The topological polar surface area (TPSA) is 76.2 Å². The van der Waals surface area contributed by atoms with E-state index in [4.69, 9.17) is 0 Å². The van der Waals surface area contributed by atoms with Crippen molar-refractivity contribution in [1.82, 2.24) is 24.2 Å². The number of aliphatic hydroxyl groups is 1. The number of rotatable bonds is 3. The summed E-state index contributed by atoms with van der Waals surface area (Å²) in [7, 11) is 1.84. The van der Waals surface area contributed by atoms with Gasteiger partial charge in [0.15, 0.2) is 6.10 Å². The number of hydrogen-bond donors (Lipinski definition) is 1. The van der Waals surface area contributed by atoms with Crippen LogP contribution < -0.4 is 0 Å². The van der Waals surface area contributed by atoms with E-state index in [0.29, 0.717) is 31.2 Å². The molecule has 0 unspecified atom stereocenters. The molecule has 1 atom stereocenters. The molecule has 0 aliphatic carbocycles. The molecule has 8 heteroatoms. The van der Waals surface area contributed by atoms with Gasteiger partial charge >= 0.3 is 0 Å². The third-order valence-corrected chi connectivity index (χ3v) is 5.43. The first kappa shape index (κ1) is 16.0. The van der Waals surface area contributed by atoms with Gasteiger partial charge < -0.3 is 14.6 Å². The Bertz CT molecular complexity index is 925. The summed E-state index contributed by atoms with van der Waals surface area (Å²) in [5.74, 6) is 0.606. The van der Waals surface area contributed by atoms with Gasteiger partial charge in [-0.05, 0) is 25.1 Å². The second-order valence-electron chi connectivity index (χ2n) is 6.22. The highest BCUT2D eigenvalue weighted by Gasteiger charge is 2.26. The van der Waals surface area contributed by atoms with Crippen molar-refractivity contribution in [2.24, 2.45) is 7.05 Å². The fourth-order valence-electron chi connectivity index (χ4n) is 3.07. The van der Waals surface area contributed by atoms with Crippen molar-refractivity contribution in [3.63, 3.8) is 0 Å². The molecule has 4 rings (SSSR count). The van der Waals surface area contributed by atoms with Crippen LogP contribution >= 0.6 is 11.3 Å². The Morgan fingerprint density at radius 2 is 2.20 bits per heavy atom. The molecule has 0 spiro atoms. The summed E-state index contributed by atoms with van der Waals surface area (Å²) in [5, 5.41) is 15.0. The average Bonchev–Trinajstić information content (AvgIpc) is 3.32. The number of hydrogen-bond acceptors (Lipinski definition) is 5. The van der Waals surface area contributed by atoms with Crippen LogP contribution in [0.4, 0.5) is 0 Å². The van der Waals surface area contributed by atoms with Crippen LogP contribution in [-0.4, -0.2) is 41.8 Å². The van der Waals surface area contributed by atoms with Crippen molar-refractivity contribution in [3.05, 3.63) is 57.6 Å². The molecule has 1 N–H and O–H groups in total. The SMILES string of the molecule is Cc1ccc(C(=O)N2CCn3nc([C@@H](O)c4nccn4C)cc3C2)s1. The van der Waals surface area contributed by atoms with Crippen LogP contribution in [0.1, 0.15) is 37.9 Å². The quantitative estimate of drug-likeness (QED) is 0.774. The molecule has 0 saturated heterocycles. The number of fused-ring (bicyclic) bond motifs is 1. The van der Waals surface area contributed by atoms with E-state index in [9.17, 15) is 9.90 Å². The van der Waals surface area contributed by atoms with Gasteiger partial charge in [0.1, 0.15) is 5.82 Å². The molecule has 1 aliphatic heterocycles. The molecule has 0 saturated carbocycles. The Morgan fingerprint density at radius 3 is 2.88 bits per heavy atom. The number of amides is 1. The smallest absolute Gasteiger partial charge is 0.264 e. The lowest BCUT2D eigenvalue weighted by Crippen LogP contribution is -2.38. The number of carbonyl (C=O) groups is 1. The first-order valence-corrected chi connectivity index (χ1v) is 8.92. The lowest BCUT2D eigenvalue weighted by molar-refractivity contribution is 0.0710. The maximum Gasteiger partial charge on any atom is 0.264 e. The van der Waals surface area contributed by atoms with E-state index >= 15 is 0 Å². The Hall–Kier alpha value is -2.45. The second kappa shape index (κ2) is 6.12. The predicted molar refractivity (Wildman–Crippen MR) is 93.3 cm³/mol. The summed E-state index contributed by atoms with van der Waals surface area (Å²) >= 11 is 1.52. The molecule has 25 heavy (non-hydrogen) atoms. The predicted octanol–water partition coefficient (Wildman–Crippen LogP) is 1.72. The summed E-state index contributed by atoms with van der Waals surface area (Å²) in [6, 6.07) is 5.70. The van der Waals surface area contributed by atoms with Crippen molar-refractivity contribution in [2.75, 3.05) is 6.54 Å². The Morgan fingerprint density at radius 1 is 1.36 bits per heavy atom. The van der Waals surface area contributed by atoms with Crippen LogP contribution in [0, 0.1) is 6.92 Å². The lowest BCUT2D eigenvalue weighted by atomic mass is 10.2. The van der Waals surface area contributed by atoms with E-state index < -0.39 is 6.10 Å². The molecule has 0 bridgehead atoms. The number of aryl methyl sites for hydroxylation is 2. The fraction of sp³-hybridized carbons (Fsp3) is 0.353. The van der Waals surface area contributed by atoms with Crippen LogP contribution in [0.3, 0.4) is 0 Å². The number of imidazole rings is 1. The average molecular weight is 357 g/mol. The highest BCUT2D eigenvalue weighted by molar-refractivity contribution is 7.13. The van der Waals surface area contributed by atoms with Gasteiger partial charge in [-0.2, -0.15) is 5.10 Å². The number of thiophene rings is 1. The number of nitrogens with zero attached hydrogens (tertiary/aromatic N) is 5. The molecule has 1 amide bonds. The molecular formula is C17H19N5O2S. The summed E-state index contributed by atoms with van der Waals surface area (Å²) < 4.78 is 3.64. The van der Waals surface area contributed by atoms with E-state index in [1.807, 2.05) is 41.8 Å². The molecule has 0 aromatic carbocycles. The van der Waals surface area contributed by atoms with Gasteiger partial charge in [0.2, 0.25) is 0 Å². The van der Waals surface area contributed by atoms with Crippen molar-refractivity contribution in [2.45, 2.75) is 26.1 Å². The van der Waals surface area contributed by atoms with Gasteiger partial charge in [0.05, 0.1) is 29.4 Å². The minimum absolute atomic E-state index is 0.0525. The van der Waals surface area contributed by atoms with Gasteiger partial charge in [-0.1, -0.05) is 0 Å². The molecule has 0 radical (unpaired) electrons. The second-order valence-corrected chi connectivity index (χ2v) is 7.51. The van der Waals surface area contributed by atoms with Crippen LogP contribution in [0.5, 0.6) is 0 Å². The van der Waals surface area contributed by atoms with Crippen LogP contribution in [0.2, 0.25) is 0 Å². The summed E-state index contributed by atoms with van der Waals surface area (Å²) in [6.07, 6.45) is 2.57. The molecule has 7 nitrogen and oxygen atoms in total. The number of carbonyl (C=O) groups excluding carboxylic acids is 1. The largest absolute Gasteiger partial charge is 0.379 e. The lowest BCUT2D eigenvalue weighted by Gasteiger charge is -2.27. The third-order valence-electron chi connectivity index (χ3n) is 4.44. The number of aliphatic hydroxyl groups excluding tert-OH is 1. The van der Waals surface area contributed by atoms with E-state index in [0.717, 1.165) is 15.4 Å². The Labute approximate surface area is 149 Å². The van der Waals surface area contributed by atoms with E-state index in [-0.39, 0.29) is 5.91 Å². The Balaban J connectivity index is 1.55. The van der Waals surface area contributed by atoms with E-state index in [1.165, 1.54) is 11.3 Å². The first-order chi connectivity index (χ1) is 12.0. The number of aromatic nitrogens is 4. The molecule has 3 aromatic heterocycles. The maximum absolute atomic E-state index is 12.6. The molecule has 3 aromatic rings. The monoisotopic (exact) mass is 357 g/mol. The molecule has 130 valence electrons. The van der Waals surface area contributed by atoms with Crippen LogP contribution in [-0.2, 0) is 20.1 Å². The summed E-state index contributed by atoms with van der Waals surface area (Å²) in [6.45, 7) is 3.73. The highest BCUT2D eigenvalue weighted by atomic mass is 32.1.